The maximum atomic E-state index is 11.3. The zero-order chi connectivity index (χ0) is 28.9. The summed E-state index contributed by atoms with van der Waals surface area (Å²) in [6.07, 6.45) is 11.8. The van der Waals surface area contributed by atoms with Crippen LogP contribution in [0.25, 0.3) is 21.8 Å². The lowest BCUT2D eigenvalue weighted by Crippen LogP contribution is -2.33. The van der Waals surface area contributed by atoms with Crippen LogP contribution in [0, 0.1) is 0 Å². The van der Waals surface area contributed by atoms with Crippen LogP contribution < -0.4 is 14.8 Å². The zero-order valence-electron chi connectivity index (χ0n) is 24.8. The molecule has 2 aromatic carbocycles. The number of carbonyl (C=O) groups is 1. The highest BCUT2D eigenvalue weighted by Crippen LogP contribution is 2.26. The van der Waals surface area contributed by atoms with Gasteiger partial charge in [0.2, 0.25) is 5.91 Å². The first-order chi connectivity index (χ1) is 20.1. The number of carbonyl (C=O) groups excluding carboxylic acids is 1. The monoisotopic (exact) mass is 618 g/mol. The molecule has 42 heavy (non-hydrogen) atoms. The number of fused-ring (bicyclic) bond motifs is 2. The molecular formula is C31H44Cl2N6O3. The van der Waals surface area contributed by atoms with Gasteiger partial charge in [-0.3, -0.25) is 14.4 Å². The second kappa shape index (κ2) is 18.0. The maximum Gasteiger partial charge on any atom is 0.244 e. The molecule has 6 rings (SSSR count). The van der Waals surface area contributed by atoms with E-state index in [1.54, 1.807) is 6.20 Å². The summed E-state index contributed by atoms with van der Waals surface area (Å²) < 4.78 is 14.6. The number of rotatable bonds is 7. The van der Waals surface area contributed by atoms with E-state index in [0.717, 1.165) is 40.7 Å². The normalized spacial score (nSPS) is 15.1. The Morgan fingerprint density at radius 1 is 0.857 bits per heavy atom. The molecule has 0 bridgehead atoms. The predicted octanol–water partition coefficient (Wildman–Crippen LogP) is 5.93. The topological polar surface area (TPSA) is 86.4 Å². The minimum Gasteiger partial charge on any atom is -0.492 e. The molecule has 0 atom stereocenters. The second-order valence-electron chi connectivity index (χ2n) is 10.3. The standard InChI is InChI=1S/C15H21N3O.C11H11ClN2O2.C5H11N.ClH/c1-17-14-6-5-7-15(13(14)12-16-17)19-11-10-18-8-3-2-4-9-18;1-8(15)14-10-3-2-4-11(16-6-5-12)9(10)7-13-14;1-2-4-6-5-3-1;/h5-7,12H,2-4,8-11H2,1H3;2-4,7H,5-6H2,1H3;6H,1-5H2;1H. The summed E-state index contributed by atoms with van der Waals surface area (Å²) in [7, 11) is 1.96. The van der Waals surface area contributed by atoms with Gasteiger partial charge in [0.05, 0.1) is 40.1 Å². The average molecular weight is 620 g/mol. The molecule has 0 aliphatic carbocycles. The van der Waals surface area contributed by atoms with Crippen LogP contribution in [0.15, 0.2) is 48.8 Å². The van der Waals surface area contributed by atoms with Gasteiger partial charge in [0.15, 0.2) is 0 Å². The first-order valence-electron chi connectivity index (χ1n) is 14.7. The van der Waals surface area contributed by atoms with Gasteiger partial charge in [0.1, 0.15) is 24.7 Å². The fourth-order valence-corrected chi connectivity index (χ4v) is 5.17. The van der Waals surface area contributed by atoms with Gasteiger partial charge < -0.3 is 14.8 Å². The highest BCUT2D eigenvalue weighted by molar-refractivity contribution is 6.18. The van der Waals surface area contributed by atoms with Crippen LogP contribution in [0.3, 0.4) is 0 Å². The van der Waals surface area contributed by atoms with Crippen LogP contribution in [0.5, 0.6) is 11.5 Å². The van der Waals surface area contributed by atoms with Crippen molar-refractivity contribution < 1.29 is 14.3 Å². The summed E-state index contributed by atoms with van der Waals surface area (Å²) in [4.78, 5) is 13.8. The molecule has 230 valence electrons. The van der Waals surface area contributed by atoms with E-state index in [1.807, 2.05) is 48.3 Å². The van der Waals surface area contributed by atoms with Gasteiger partial charge in [-0.1, -0.05) is 25.0 Å². The maximum absolute atomic E-state index is 11.3. The number of halogens is 2. The number of hydrogen-bond donors (Lipinski definition) is 1. The van der Waals surface area contributed by atoms with Gasteiger partial charge in [0.25, 0.3) is 0 Å². The quantitative estimate of drug-likeness (QED) is 0.257. The molecule has 2 aliphatic heterocycles. The van der Waals surface area contributed by atoms with E-state index in [1.165, 1.54) is 76.3 Å². The fourth-order valence-electron chi connectivity index (χ4n) is 5.10. The van der Waals surface area contributed by atoms with Crippen LogP contribution in [0.2, 0.25) is 0 Å². The van der Waals surface area contributed by atoms with Crippen molar-refractivity contribution in [3.63, 3.8) is 0 Å². The molecule has 0 saturated carbocycles. The third-order valence-corrected chi connectivity index (χ3v) is 7.43. The Labute approximate surface area is 259 Å². The summed E-state index contributed by atoms with van der Waals surface area (Å²) in [5.41, 5.74) is 1.87. The van der Waals surface area contributed by atoms with E-state index < -0.39 is 0 Å². The van der Waals surface area contributed by atoms with Crippen LogP contribution in [-0.2, 0) is 7.05 Å². The number of likely N-dealkylation sites (tertiary alicyclic amines) is 1. The molecule has 4 aromatic rings. The average Bonchev–Trinajstić information content (AvgIpc) is 3.63. The number of alkyl halides is 1. The molecule has 2 aliphatic rings. The van der Waals surface area contributed by atoms with Crippen molar-refractivity contribution >= 4 is 51.7 Å². The highest BCUT2D eigenvalue weighted by atomic mass is 35.5. The SMILES string of the molecule is C1CCNCC1.CC(=O)n1ncc2c(OCCCl)cccc21.Cl.Cn1ncc2c(OCCN3CCCCC3)cccc21. The van der Waals surface area contributed by atoms with Crippen molar-refractivity contribution in [1.29, 1.82) is 0 Å². The number of benzene rings is 2. The van der Waals surface area contributed by atoms with Crippen molar-refractivity contribution in [1.82, 2.24) is 29.8 Å². The van der Waals surface area contributed by atoms with E-state index in [0.29, 0.717) is 18.2 Å². The van der Waals surface area contributed by atoms with Crippen LogP contribution in [0.1, 0.15) is 50.2 Å². The number of nitrogens with one attached hydrogen (secondary N) is 1. The van der Waals surface area contributed by atoms with E-state index >= 15 is 0 Å². The Morgan fingerprint density at radius 3 is 2.05 bits per heavy atom. The molecule has 4 heterocycles. The summed E-state index contributed by atoms with van der Waals surface area (Å²) in [5, 5.41) is 13.5. The minimum absolute atomic E-state index is 0. The fraction of sp³-hybridized carbons (Fsp3) is 0.516. The molecule has 2 saturated heterocycles. The summed E-state index contributed by atoms with van der Waals surface area (Å²) in [6, 6.07) is 11.6. The molecule has 0 radical (unpaired) electrons. The molecule has 0 spiro atoms. The summed E-state index contributed by atoms with van der Waals surface area (Å²) >= 11 is 5.56. The van der Waals surface area contributed by atoms with Gasteiger partial charge in [-0.2, -0.15) is 10.2 Å². The lowest BCUT2D eigenvalue weighted by atomic mass is 10.1. The van der Waals surface area contributed by atoms with E-state index in [2.05, 4.69) is 26.5 Å². The van der Waals surface area contributed by atoms with Crippen LogP contribution in [-0.4, -0.2) is 82.2 Å². The van der Waals surface area contributed by atoms with Crippen molar-refractivity contribution in [3.05, 3.63) is 48.8 Å². The van der Waals surface area contributed by atoms with Crippen molar-refractivity contribution in [2.75, 3.05) is 51.8 Å². The number of aryl methyl sites for hydroxylation is 1. The molecular weight excluding hydrogens is 575 g/mol. The Bertz CT molecular complexity index is 1350. The molecule has 9 nitrogen and oxygen atoms in total. The molecule has 1 N–H and O–H groups in total. The first-order valence-corrected chi connectivity index (χ1v) is 15.2. The predicted molar refractivity (Wildman–Crippen MR) is 173 cm³/mol. The van der Waals surface area contributed by atoms with Gasteiger partial charge in [-0.15, -0.1) is 24.0 Å². The smallest absolute Gasteiger partial charge is 0.244 e. The van der Waals surface area contributed by atoms with Crippen molar-refractivity contribution in [3.8, 4) is 11.5 Å². The largest absolute Gasteiger partial charge is 0.492 e. The van der Waals surface area contributed by atoms with Crippen LogP contribution in [0.4, 0.5) is 0 Å². The third-order valence-electron chi connectivity index (χ3n) is 7.28. The van der Waals surface area contributed by atoms with Gasteiger partial charge in [0, 0.05) is 20.5 Å². The summed E-state index contributed by atoms with van der Waals surface area (Å²) in [5.74, 6) is 1.95. The number of nitrogens with zero attached hydrogens (tertiary/aromatic N) is 5. The Hall–Kier alpha value is -2.85. The lowest BCUT2D eigenvalue weighted by molar-refractivity contribution is 0.0926. The molecule has 0 unspecified atom stereocenters. The van der Waals surface area contributed by atoms with Gasteiger partial charge in [-0.05, 0) is 76.1 Å². The van der Waals surface area contributed by atoms with E-state index in [-0.39, 0.29) is 18.3 Å². The first kappa shape index (κ1) is 33.6. The van der Waals surface area contributed by atoms with E-state index in [9.17, 15) is 4.79 Å². The van der Waals surface area contributed by atoms with E-state index in [4.69, 9.17) is 21.1 Å². The van der Waals surface area contributed by atoms with Crippen molar-refractivity contribution in [2.24, 2.45) is 7.05 Å². The molecule has 2 aromatic heterocycles. The second-order valence-corrected chi connectivity index (χ2v) is 10.7. The number of aromatic nitrogens is 4. The lowest BCUT2D eigenvalue weighted by Gasteiger charge is -2.26. The molecule has 11 heteroatoms. The van der Waals surface area contributed by atoms with Gasteiger partial charge >= 0.3 is 0 Å². The third kappa shape index (κ3) is 9.59. The summed E-state index contributed by atoms with van der Waals surface area (Å²) in [6.45, 7) is 8.64. The highest BCUT2D eigenvalue weighted by Gasteiger charge is 2.11. The van der Waals surface area contributed by atoms with Crippen LogP contribution >= 0.6 is 24.0 Å². The Balaban J connectivity index is 0.000000191. The number of hydrogen-bond acceptors (Lipinski definition) is 7. The number of ether oxygens (including phenoxy) is 2. The zero-order valence-corrected chi connectivity index (χ0v) is 26.3. The Morgan fingerprint density at radius 2 is 1.45 bits per heavy atom. The molecule has 0 amide bonds. The number of piperidine rings is 2. The van der Waals surface area contributed by atoms with Crippen molar-refractivity contribution in [2.45, 2.75) is 45.4 Å². The molecule has 2 fully saturated rings. The Kier molecular flexibility index (Phi) is 14.4. The minimum atomic E-state index is -0.121. The van der Waals surface area contributed by atoms with Gasteiger partial charge in [-0.25, -0.2) is 4.68 Å².